The highest BCUT2D eigenvalue weighted by molar-refractivity contribution is 5.60. The second-order valence-corrected chi connectivity index (χ2v) is 5.22. The zero-order valence-corrected chi connectivity index (χ0v) is 13.9. The Morgan fingerprint density at radius 2 is 1.45 bits per heavy atom. The maximum absolute atomic E-state index is 13.9. The maximum Gasteiger partial charge on any atom is 0.416 e. The highest BCUT2D eigenvalue weighted by Gasteiger charge is 2.33. The lowest BCUT2D eigenvalue weighted by Gasteiger charge is -2.13. The Hall–Kier alpha value is -4.17. The van der Waals surface area contributed by atoms with Gasteiger partial charge >= 0.3 is 6.18 Å². The Morgan fingerprint density at radius 3 is 1.93 bits per heavy atom. The average molecular weight is 408 g/mol. The highest BCUT2D eigenvalue weighted by Crippen LogP contribution is 2.36. The summed E-state index contributed by atoms with van der Waals surface area (Å²) in [7, 11) is 0. The van der Waals surface area contributed by atoms with Crippen LogP contribution in [-0.2, 0) is 6.18 Å². The molecule has 0 bridgehead atoms. The molecule has 0 aliphatic heterocycles. The molecule has 0 aliphatic carbocycles. The summed E-state index contributed by atoms with van der Waals surface area (Å²) in [5.41, 5.74) is -2.77. The zero-order chi connectivity index (χ0) is 21.8. The van der Waals surface area contributed by atoms with E-state index in [-0.39, 0.29) is 17.8 Å². The van der Waals surface area contributed by atoms with Gasteiger partial charge in [-0.1, -0.05) is 0 Å². The third-order valence-electron chi connectivity index (χ3n) is 3.32. The third kappa shape index (κ3) is 4.76. The van der Waals surface area contributed by atoms with E-state index in [1.165, 1.54) is 18.2 Å². The summed E-state index contributed by atoms with van der Waals surface area (Å²) in [6.45, 7) is 0. The summed E-state index contributed by atoms with van der Waals surface area (Å²) in [6, 6.07) is 7.09. The number of nitriles is 3. The molecule has 0 amide bonds. The van der Waals surface area contributed by atoms with Gasteiger partial charge in [-0.2, -0.15) is 29.0 Å². The Balaban J connectivity index is 2.43. The number of ether oxygens (including phenoxy) is 1. The fourth-order valence-electron chi connectivity index (χ4n) is 2.02. The largest absolute Gasteiger partial charge is 0.448 e. The van der Waals surface area contributed by atoms with Crippen molar-refractivity contribution in [3.8, 4) is 29.7 Å². The molecule has 0 saturated carbocycles. The number of hydrogen-bond acceptors (Lipinski definition) is 5. The molecule has 0 aliphatic rings. The minimum Gasteiger partial charge on any atom is -0.448 e. The number of rotatable bonds is 4. The SMILES string of the molecule is N#CC(C#N)=C(C#N)Nc1ccc(F)c(Oc2c(F)cc(C(F)(F)F)cc2F)c1. The van der Waals surface area contributed by atoms with Crippen molar-refractivity contribution in [3.05, 3.63) is 64.6 Å². The average Bonchev–Trinajstić information content (AvgIpc) is 2.65. The Labute approximate surface area is 159 Å². The molecular weight excluding hydrogens is 402 g/mol. The van der Waals surface area contributed by atoms with Crippen LogP contribution in [0.3, 0.4) is 0 Å². The van der Waals surface area contributed by atoms with Crippen LogP contribution in [-0.4, -0.2) is 0 Å². The smallest absolute Gasteiger partial charge is 0.416 e. The summed E-state index contributed by atoms with van der Waals surface area (Å²) in [5, 5.41) is 28.8. The van der Waals surface area contributed by atoms with Crippen LogP contribution in [0.15, 0.2) is 41.6 Å². The van der Waals surface area contributed by atoms with Gasteiger partial charge in [0.1, 0.15) is 23.9 Å². The molecular formula is C18H6F6N4O. The molecule has 2 aromatic rings. The van der Waals surface area contributed by atoms with Crippen LogP contribution < -0.4 is 10.1 Å². The van der Waals surface area contributed by atoms with E-state index in [4.69, 9.17) is 20.5 Å². The summed E-state index contributed by atoms with van der Waals surface area (Å²) >= 11 is 0. The summed E-state index contributed by atoms with van der Waals surface area (Å²) < 4.78 is 84.2. The molecule has 146 valence electrons. The lowest BCUT2D eigenvalue weighted by Crippen LogP contribution is -2.07. The first kappa shape index (κ1) is 21.1. The van der Waals surface area contributed by atoms with Gasteiger partial charge in [-0.15, -0.1) is 0 Å². The number of nitrogens with one attached hydrogen (secondary N) is 1. The van der Waals surface area contributed by atoms with Gasteiger partial charge < -0.3 is 10.1 Å². The molecule has 11 heteroatoms. The molecule has 0 heterocycles. The molecule has 2 rings (SSSR count). The van der Waals surface area contributed by atoms with Gasteiger partial charge in [0.15, 0.2) is 34.5 Å². The third-order valence-corrected chi connectivity index (χ3v) is 3.32. The molecule has 0 radical (unpaired) electrons. The van der Waals surface area contributed by atoms with Crippen LogP contribution in [0.25, 0.3) is 0 Å². The quantitative estimate of drug-likeness (QED) is 0.558. The first-order valence-electron chi connectivity index (χ1n) is 7.36. The van der Waals surface area contributed by atoms with Crippen molar-refractivity contribution in [2.45, 2.75) is 6.18 Å². The zero-order valence-electron chi connectivity index (χ0n) is 13.9. The second kappa shape index (κ2) is 8.24. The molecule has 1 N–H and O–H groups in total. The molecule has 29 heavy (non-hydrogen) atoms. The van der Waals surface area contributed by atoms with Gasteiger partial charge in [0.25, 0.3) is 0 Å². The van der Waals surface area contributed by atoms with E-state index in [1.807, 2.05) is 0 Å². The van der Waals surface area contributed by atoms with Gasteiger partial charge in [0.05, 0.1) is 5.56 Å². The standard InChI is InChI=1S/C18H6F6N4O/c19-12-2-1-11(28-15(8-27)9(6-25)7-26)5-16(12)29-17-13(20)3-10(4-14(17)21)18(22,23)24/h1-5,28H. The van der Waals surface area contributed by atoms with Crippen molar-refractivity contribution in [2.24, 2.45) is 0 Å². The molecule has 0 atom stereocenters. The number of hydrogen-bond donors (Lipinski definition) is 1. The summed E-state index contributed by atoms with van der Waals surface area (Å²) in [4.78, 5) is 0. The maximum atomic E-state index is 13.9. The number of alkyl halides is 3. The van der Waals surface area contributed by atoms with Crippen molar-refractivity contribution in [1.29, 1.82) is 15.8 Å². The monoisotopic (exact) mass is 408 g/mol. The van der Waals surface area contributed by atoms with Crippen molar-refractivity contribution in [1.82, 2.24) is 0 Å². The normalized spacial score (nSPS) is 10.3. The van der Waals surface area contributed by atoms with Crippen LogP contribution in [0.1, 0.15) is 5.56 Å². The number of halogens is 6. The van der Waals surface area contributed by atoms with E-state index in [0.717, 1.165) is 18.2 Å². The first-order chi connectivity index (χ1) is 13.6. The predicted octanol–water partition coefficient (Wildman–Crippen LogP) is 5.15. The topological polar surface area (TPSA) is 92.6 Å². The van der Waals surface area contributed by atoms with E-state index in [9.17, 15) is 26.3 Å². The molecule has 2 aromatic carbocycles. The van der Waals surface area contributed by atoms with E-state index < -0.39 is 52.0 Å². The predicted molar refractivity (Wildman–Crippen MR) is 85.3 cm³/mol. The van der Waals surface area contributed by atoms with Gasteiger partial charge in [-0.25, -0.2) is 13.2 Å². The summed E-state index contributed by atoms with van der Waals surface area (Å²) in [6.07, 6.45) is -5.01. The van der Waals surface area contributed by atoms with Crippen LogP contribution in [0.4, 0.5) is 32.0 Å². The number of anilines is 1. The Kier molecular flexibility index (Phi) is 6.00. The lowest BCUT2D eigenvalue weighted by molar-refractivity contribution is -0.138. The first-order valence-corrected chi connectivity index (χ1v) is 7.36. The molecule has 0 aromatic heterocycles. The van der Waals surface area contributed by atoms with E-state index in [2.05, 4.69) is 5.32 Å². The van der Waals surface area contributed by atoms with Crippen molar-refractivity contribution >= 4 is 5.69 Å². The van der Waals surface area contributed by atoms with Gasteiger partial charge in [0.2, 0.25) is 0 Å². The number of nitrogens with zero attached hydrogens (tertiary/aromatic N) is 3. The minimum atomic E-state index is -5.01. The van der Waals surface area contributed by atoms with Crippen LogP contribution in [0.5, 0.6) is 11.5 Å². The van der Waals surface area contributed by atoms with Gasteiger partial charge in [-0.3, -0.25) is 0 Å². The molecule has 0 saturated heterocycles. The second-order valence-electron chi connectivity index (χ2n) is 5.22. The molecule has 0 fully saturated rings. The Bertz CT molecular complexity index is 1080. The van der Waals surface area contributed by atoms with Crippen molar-refractivity contribution in [3.63, 3.8) is 0 Å². The van der Waals surface area contributed by atoms with Gasteiger partial charge in [0, 0.05) is 11.8 Å². The van der Waals surface area contributed by atoms with Crippen LogP contribution in [0, 0.1) is 51.4 Å². The molecule has 0 spiro atoms. The molecule has 5 nitrogen and oxygen atoms in total. The van der Waals surface area contributed by atoms with Crippen LogP contribution >= 0.6 is 0 Å². The Morgan fingerprint density at radius 1 is 0.862 bits per heavy atom. The number of benzene rings is 2. The highest BCUT2D eigenvalue weighted by atomic mass is 19.4. The number of allylic oxidation sites excluding steroid dienone is 2. The van der Waals surface area contributed by atoms with Crippen molar-refractivity contribution in [2.75, 3.05) is 5.32 Å². The van der Waals surface area contributed by atoms with E-state index >= 15 is 0 Å². The van der Waals surface area contributed by atoms with Gasteiger partial charge in [-0.05, 0) is 24.3 Å². The molecule has 0 unspecified atom stereocenters. The van der Waals surface area contributed by atoms with Crippen molar-refractivity contribution < 1.29 is 31.1 Å². The lowest BCUT2D eigenvalue weighted by atomic mass is 10.2. The fourth-order valence-corrected chi connectivity index (χ4v) is 2.02. The van der Waals surface area contributed by atoms with E-state index in [1.54, 1.807) is 0 Å². The minimum absolute atomic E-state index is 0.0128. The fraction of sp³-hybridized carbons (Fsp3) is 0.0556. The van der Waals surface area contributed by atoms with Crippen LogP contribution in [0.2, 0.25) is 0 Å². The van der Waals surface area contributed by atoms with E-state index in [0.29, 0.717) is 0 Å². The summed E-state index contributed by atoms with van der Waals surface area (Å²) in [5.74, 6) is -6.63.